The second kappa shape index (κ2) is 5.22. The summed E-state index contributed by atoms with van der Waals surface area (Å²) in [6, 6.07) is 0.295. The van der Waals surface area contributed by atoms with Crippen LogP contribution in [0.2, 0.25) is 0 Å². The van der Waals surface area contributed by atoms with Gasteiger partial charge >= 0.3 is 0 Å². The summed E-state index contributed by atoms with van der Waals surface area (Å²) in [5, 5.41) is 3.31. The molecule has 2 unspecified atom stereocenters. The average Bonchev–Trinajstić information content (AvgIpc) is 2.33. The van der Waals surface area contributed by atoms with E-state index < -0.39 is 10.2 Å². The number of rotatable bonds is 2. The number of hydrogen-bond donors (Lipinski definition) is 1. The van der Waals surface area contributed by atoms with E-state index >= 15 is 0 Å². The third-order valence-corrected chi connectivity index (χ3v) is 5.76. The van der Waals surface area contributed by atoms with Crippen molar-refractivity contribution in [1.29, 1.82) is 0 Å². The van der Waals surface area contributed by atoms with Crippen molar-refractivity contribution in [2.24, 2.45) is 0 Å². The topological polar surface area (TPSA) is 52.7 Å². The molecule has 2 atom stereocenters. The summed E-state index contributed by atoms with van der Waals surface area (Å²) in [4.78, 5) is 0. The number of piperazine rings is 1. The smallest absolute Gasteiger partial charge is 0.282 e. The van der Waals surface area contributed by atoms with E-state index in [2.05, 4.69) is 5.32 Å². The van der Waals surface area contributed by atoms with E-state index in [1.54, 1.807) is 8.61 Å². The van der Waals surface area contributed by atoms with Gasteiger partial charge in [0.25, 0.3) is 10.2 Å². The molecule has 2 heterocycles. The van der Waals surface area contributed by atoms with Crippen molar-refractivity contribution in [2.45, 2.75) is 45.2 Å². The summed E-state index contributed by atoms with van der Waals surface area (Å²) in [5.74, 6) is 0. The Bertz CT molecular complexity index is 352. The van der Waals surface area contributed by atoms with E-state index in [9.17, 15) is 8.42 Å². The van der Waals surface area contributed by atoms with Crippen LogP contribution in [0.15, 0.2) is 0 Å². The van der Waals surface area contributed by atoms with E-state index in [-0.39, 0.29) is 12.1 Å². The Labute approximate surface area is 104 Å². The predicted molar refractivity (Wildman–Crippen MR) is 68.0 cm³/mol. The van der Waals surface area contributed by atoms with Crippen LogP contribution in [0, 0.1) is 0 Å². The van der Waals surface area contributed by atoms with E-state index in [1.807, 2.05) is 13.8 Å². The molecule has 2 saturated heterocycles. The molecule has 1 N–H and O–H groups in total. The highest BCUT2D eigenvalue weighted by molar-refractivity contribution is 7.86. The second-order valence-corrected chi connectivity index (χ2v) is 7.08. The van der Waals surface area contributed by atoms with E-state index in [1.165, 1.54) is 0 Å². The number of nitrogens with zero attached hydrogens (tertiary/aromatic N) is 2. The van der Waals surface area contributed by atoms with Gasteiger partial charge in [0.2, 0.25) is 0 Å². The van der Waals surface area contributed by atoms with E-state index in [0.29, 0.717) is 19.6 Å². The van der Waals surface area contributed by atoms with E-state index in [0.717, 1.165) is 25.8 Å². The van der Waals surface area contributed by atoms with Gasteiger partial charge in [0.05, 0.1) is 0 Å². The Morgan fingerprint density at radius 1 is 1.12 bits per heavy atom. The lowest BCUT2D eigenvalue weighted by molar-refractivity contribution is 0.219. The summed E-state index contributed by atoms with van der Waals surface area (Å²) in [6.45, 7) is 6.71. The summed E-state index contributed by atoms with van der Waals surface area (Å²) < 4.78 is 28.4. The Morgan fingerprint density at radius 2 is 1.76 bits per heavy atom. The standard InChI is InChI=1S/C11H23N3O2S/c1-10-9-14(11(2)8-12-10)17(15,16)13-6-4-3-5-7-13/h10-12H,3-9H2,1-2H3. The van der Waals surface area contributed by atoms with E-state index in [4.69, 9.17) is 0 Å². The Morgan fingerprint density at radius 3 is 2.41 bits per heavy atom. The average molecular weight is 261 g/mol. The monoisotopic (exact) mass is 261 g/mol. The molecule has 0 aromatic carbocycles. The van der Waals surface area contributed by atoms with Gasteiger partial charge in [0.15, 0.2) is 0 Å². The van der Waals surface area contributed by atoms with Crippen LogP contribution in [0.3, 0.4) is 0 Å². The molecule has 17 heavy (non-hydrogen) atoms. The fraction of sp³-hybridized carbons (Fsp3) is 1.00. The third kappa shape index (κ3) is 2.81. The molecule has 0 bridgehead atoms. The minimum absolute atomic E-state index is 0.0538. The Balaban J connectivity index is 2.12. The molecule has 0 saturated carbocycles. The van der Waals surface area contributed by atoms with Gasteiger partial charge in [-0.1, -0.05) is 6.42 Å². The fourth-order valence-corrected chi connectivity index (χ4v) is 4.51. The molecule has 0 radical (unpaired) electrons. The zero-order valence-corrected chi connectivity index (χ0v) is 11.5. The summed E-state index contributed by atoms with van der Waals surface area (Å²) >= 11 is 0. The molecule has 0 aromatic heterocycles. The van der Waals surface area contributed by atoms with Crippen LogP contribution in [-0.2, 0) is 10.2 Å². The van der Waals surface area contributed by atoms with Crippen molar-refractivity contribution in [3.8, 4) is 0 Å². The molecule has 0 amide bonds. The van der Waals surface area contributed by atoms with Gasteiger partial charge in [-0.2, -0.15) is 17.0 Å². The number of nitrogens with one attached hydrogen (secondary N) is 1. The highest BCUT2D eigenvalue weighted by Crippen LogP contribution is 2.20. The van der Waals surface area contributed by atoms with Crippen LogP contribution < -0.4 is 5.32 Å². The zero-order chi connectivity index (χ0) is 12.5. The highest BCUT2D eigenvalue weighted by atomic mass is 32.2. The van der Waals surface area contributed by atoms with Crippen LogP contribution in [0.4, 0.5) is 0 Å². The first-order chi connectivity index (χ1) is 8.01. The van der Waals surface area contributed by atoms with Crippen LogP contribution >= 0.6 is 0 Å². The van der Waals surface area contributed by atoms with Gasteiger partial charge in [-0.3, -0.25) is 0 Å². The molecule has 2 aliphatic rings. The lowest BCUT2D eigenvalue weighted by Gasteiger charge is -2.40. The van der Waals surface area contributed by atoms with Gasteiger partial charge in [-0.15, -0.1) is 0 Å². The maximum absolute atomic E-state index is 12.5. The van der Waals surface area contributed by atoms with Gasteiger partial charge in [0.1, 0.15) is 0 Å². The van der Waals surface area contributed by atoms with Crippen LogP contribution in [0.1, 0.15) is 33.1 Å². The van der Waals surface area contributed by atoms with Gasteiger partial charge in [-0.05, 0) is 26.7 Å². The molecule has 2 fully saturated rings. The van der Waals surface area contributed by atoms with Gasteiger partial charge < -0.3 is 5.32 Å². The minimum atomic E-state index is -3.24. The van der Waals surface area contributed by atoms with Crippen molar-refractivity contribution in [1.82, 2.24) is 13.9 Å². The maximum Gasteiger partial charge on any atom is 0.282 e. The van der Waals surface area contributed by atoms with Crippen LogP contribution in [0.5, 0.6) is 0 Å². The van der Waals surface area contributed by atoms with Gasteiger partial charge in [-0.25, -0.2) is 0 Å². The second-order valence-electron chi connectivity index (χ2n) is 5.20. The first-order valence-corrected chi connectivity index (χ1v) is 7.92. The van der Waals surface area contributed by atoms with Crippen molar-refractivity contribution < 1.29 is 8.42 Å². The molecule has 0 spiro atoms. The Kier molecular flexibility index (Phi) is 4.07. The SMILES string of the molecule is CC1CN(S(=O)(=O)N2CCCCC2)C(C)CN1. The lowest BCUT2D eigenvalue weighted by Crippen LogP contribution is -2.59. The molecule has 2 aliphatic heterocycles. The number of hydrogen-bond acceptors (Lipinski definition) is 3. The number of piperidine rings is 1. The van der Waals surface area contributed by atoms with Gasteiger partial charge in [0, 0.05) is 38.3 Å². The van der Waals surface area contributed by atoms with Crippen LogP contribution in [-0.4, -0.2) is 55.3 Å². The Hall–Kier alpha value is -0.170. The van der Waals surface area contributed by atoms with Crippen molar-refractivity contribution in [3.63, 3.8) is 0 Å². The molecule has 100 valence electrons. The molecular weight excluding hydrogens is 238 g/mol. The lowest BCUT2D eigenvalue weighted by atomic mass is 10.2. The first kappa shape index (κ1) is 13.3. The van der Waals surface area contributed by atoms with Crippen molar-refractivity contribution in [3.05, 3.63) is 0 Å². The first-order valence-electron chi connectivity index (χ1n) is 6.52. The summed E-state index contributed by atoms with van der Waals surface area (Å²) in [7, 11) is -3.24. The zero-order valence-electron chi connectivity index (χ0n) is 10.7. The minimum Gasteiger partial charge on any atom is -0.311 e. The fourth-order valence-electron chi connectivity index (χ4n) is 2.55. The third-order valence-electron chi connectivity index (χ3n) is 3.64. The summed E-state index contributed by atoms with van der Waals surface area (Å²) in [6.07, 6.45) is 3.14. The van der Waals surface area contributed by atoms with Crippen LogP contribution in [0.25, 0.3) is 0 Å². The normalized spacial score (nSPS) is 33.8. The predicted octanol–water partition coefficient (Wildman–Crippen LogP) is 0.399. The maximum atomic E-state index is 12.5. The molecule has 6 heteroatoms. The molecule has 2 rings (SSSR count). The molecule has 5 nitrogen and oxygen atoms in total. The van der Waals surface area contributed by atoms with Crippen molar-refractivity contribution >= 4 is 10.2 Å². The summed E-state index contributed by atoms with van der Waals surface area (Å²) in [5.41, 5.74) is 0. The molecular formula is C11H23N3O2S. The van der Waals surface area contributed by atoms with Crippen molar-refractivity contribution in [2.75, 3.05) is 26.2 Å². The largest absolute Gasteiger partial charge is 0.311 e. The molecule has 0 aliphatic carbocycles. The molecule has 0 aromatic rings. The highest BCUT2D eigenvalue weighted by Gasteiger charge is 2.36. The quantitative estimate of drug-likeness (QED) is 0.783.